The topological polar surface area (TPSA) is 114 Å². The fraction of sp³-hybridized carbons (Fsp3) is 0.471. The van der Waals surface area contributed by atoms with E-state index in [0.717, 1.165) is 0 Å². The lowest BCUT2D eigenvalue weighted by atomic mass is 10.0. The molecule has 7 nitrogen and oxygen atoms in total. The summed E-state index contributed by atoms with van der Waals surface area (Å²) >= 11 is 0. The summed E-state index contributed by atoms with van der Waals surface area (Å²) < 4.78 is 11.3. The summed E-state index contributed by atoms with van der Waals surface area (Å²) in [7, 11) is 0. The molecule has 3 N–H and O–H groups in total. The lowest BCUT2D eigenvalue weighted by Gasteiger charge is -2.33. The number of rotatable bonds is 5. The molecule has 1 saturated carbocycles. The number of ether oxygens (including phenoxy) is 2. The molecule has 126 valence electrons. The molecule has 1 aromatic rings. The van der Waals surface area contributed by atoms with Crippen LogP contribution < -0.4 is 15.8 Å². The van der Waals surface area contributed by atoms with Gasteiger partial charge in [-0.2, -0.15) is 5.26 Å². The van der Waals surface area contributed by atoms with Crippen LogP contribution in [0.25, 0.3) is 0 Å². The third kappa shape index (κ3) is 3.19. The van der Waals surface area contributed by atoms with E-state index >= 15 is 0 Å². The van der Waals surface area contributed by atoms with Crippen molar-refractivity contribution in [3.63, 3.8) is 0 Å². The summed E-state index contributed by atoms with van der Waals surface area (Å²) in [6, 6.07) is 8.54. The summed E-state index contributed by atoms with van der Waals surface area (Å²) in [4.78, 5) is 23.9. The molecular weight excluding hydrogens is 310 g/mol. The van der Waals surface area contributed by atoms with E-state index in [1.54, 1.807) is 24.3 Å². The van der Waals surface area contributed by atoms with Crippen molar-refractivity contribution in [1.82, 2.24) is 5.32 Å². The van der Waals surface area contributed by atoms with Gasteiger partial charge in [0.15, 0.2) is 0 Å². The van der Waals surface area contributed by atoms with Crippen molar-refractivity contribution in [3.05, 3.63) is 29.8 Å². The highest BCUT2D eigenvalue weighted by molar-refractivity contribution is 6.07. The second-order valence-electron chi connectivity index (χ2n) is 6.18. The van der Waals surface area contributed by atoms with Crippen LogP contribution in [0.15, 0.2) is 24.3 Å². The fourth-order valence-electron chi connectivity index (χ4n) is 2.79. The Morgan fingerprint density at radius 3 is 2.62 bits per heavy atom. The van der Waals surface area contributed by atoms with Gasteiger partial charge in [-0.15, -0.1) is 0 Å². The molecule has 3 rings (SSSR count). The zero-order valence-electron chi connectivity index (χ0n) is 13.2. The molecule has 1 heterocycles. The summed E-state index contributed by atoms with van der Waals surface area (Å²) in [6.45, 7) is 0.857. The number of nitrogens with zero attached hydrogens (tertiary/aromatic N) is 1. The Kier molecular flexibility index (Phi) is 4.40. The van der Waals surface area contributed by atoms with E-state index in [2.05, 4.69) is 5.32 Å². The summed E-state index contributed by atoms with van der Waals surface area (Å²) in [5, 5.41) is 11.7. The van der Waals surface area contributed by atoms with Crippen LogP contribution in [0.3, 0.4) is 0 Å². The Morgan fingerprint density at radius 2 is 2.04 bits per heavy atom. The van der Waals surface area contributed by atoms with Gasteiger partial charge in [0.2, 0.25) is 11.8 Å². The van der Waals surface area contributed by atoms with Gasteiger partial charge in [-0.05, 0) is 43.5 Å². The molecule has 1 aromatic carbocycles. The first-order valence-electron chi connectivity index (χ1n) is 7.90. The van der Waals surface area contributed by atoms with E-state index in [0.29, 0.717) is 43.8 Å². The number of carbonyl (C=O) groups is 2. The Hall–Kier alpha value is -2.59. The first-order valence-corrected chi connectivity index (χ1v) is 7.90. The molecule has 2 amide bonds. The predicted octanol–water partition coefficient (Wildman–Crippen LogP) is 0.476. The molecule has 7 heteroatoms. The number of nitrogens with one attached hydrogen (secondary N) is 1. The minimum absolute atomic E-state index is 0.251. The highest BCUT2D eigenvalue weighted by Gasteiger charge is 2.56. The Balaban J connectivity index is 1.66. The minimum Gasteiger partial charge on any atom is -0.486 e. The van der Waals surface area contributed by atoms with Crippen LogP contribution in [0.1, 0.15) is 24.8 Å². The van der Waals surface area contributed by atoms with Gasteiger partial charge in [-0.1, -0.05) is 0 Å². The average Bonchev–Trinajstić information content (AvgIpc) is 3.39. The lowest BCUT2D eigenvalue weighted by molar-refractivity contribution is -0.137. The maximum absolute atomic E-state index is 12.4. The van der Waals surface area contributed by atoms with Crippen LogP contribution in [0.2, 0.25) is 0 Å². The van der Waals surface area contributed by atoms with Crippen molar-refractivity contribution in [2.75, 3.05) is 13.2 Å². The predicted molar refractivity (Wildman–Crippen MR) is 83.8 cm³/mol. The molecule has 2 atom stereocenters. The van der Waals surface area contributed by atoms with Crippen molar-refractivity contribution < 1.29 is 19.1 Å². The van der Waals surface area contributed by atoms with Crippen molar-refractivity contribution in [3.8, 4) is 11.8 Å². The molecule has 1 aliphatic carbocycles. The maximum atomic E-state index is 12.4. The Bertz CT molecular complexity index is 676. The number of amides is 2. The third-order valence-corrected chi connectivity index (χ3v) is 4.55. The largest absolute Gasteiger partial charge is 0.486 e. The zero-order chi connectivity index (χ0) is 17.2. The standard InChI is InChI=1S/C17H19N3O4/c18-9-11-1-3-12(4-2-11)24-14-10-23-8-5-13(14)20-16(22)17(6-7-17)15(19)21/h1-4,13-14H,5-8,10H2,(H2,19,21)(H,20,22)/t13-,14-/m1/s1. The molecule has 2 aliphatic rings. The number of hydrogen-bond acceptors (Lipinski definition) is 5. The number of carbonyl (C=O) groups excluding carboxylic acids is 2. The third-order valence-electron chi connectivity index (χ3n) is 4.55. The number of hydrogen-bond donors (Lipinski definition) is 2. The zero-order valence-corrected chi connectivity index (χ0v) is 13.2. The van der Waals surface area contributed by atoms with Gasteiger partial charge in [-0.3, -0.25) is 9.59 Å². The molecule has 24 heavy (non-hydrogen) atoms. The molecular formula is C17H19N3O4. The number of benzene rings is 1. The average molecular weight is 329 g/mol. The van der Waals surface area contributed by atoms with Crippen LogP contribution in [-0.4, -0.2) is 37.2 Å². The molecule has 2 fully saturated rings. The van der Waals surface area contributed by atoms with Gasteiger partial charge < -0.3 is 20.5 Å². The van der Waals surface area contributed by atoms with Crippen molar-refractivity contribution >= 4 is 11.8 Å². The molecule has 0 spiro atoms. The first-order chi connectivity index (χ1) is 11.5. The van der Waals surface area contributed by atoms with Crippen LogP contribution in [0, 0.1) is 16.7 Å². The normalized spacial score (nSPS) is 24.5. The minimum atomic E-state index is -1.04. The van der Waals surface area contributed by atoms with E-state index < -0.39 is 11.3 Å². The Labute approximate surface area is 139 Å². The highest BCUT2D eigenvalue weighted by Crippen LogP contribution is 2.45. The van der Waals surface area contributed by atoms with Gasteiger partial charge in [-0.25, -0.2) is 0 Å². The first kappa shape index (κ1) is 16.3. The van der Waals surface area contributed by atoms with Crippen LogP contribution in [-0.2, 0) is 14.3 Å². The summed E-state index contributed by atoms with van der Waals surface area (Å²) in [5.74, 6) is -0.299. The summed E-state index contributed by atoms with van der Waals surface area (Å²) in [5.41, 5.74) is 4.84. The maximum Gasteiger partial charge on any atom is 0.236 e. The highest BCUT2D eigenvalue weighted by atomic mass is 16.5. The Morgan fingerprint density at radius 1 is 1.33 bits per heavy atom. The van der Waals surface area contributed by atoms with E-state index in [9.17, 15) is 9.59 Å². The second-order valence-corrected chi connectivity index (χ2v) is 6.18. The number of nitriles is 1. The van der Waals surface area contributed by atoms with E-state index in [1.165, 1.54) is 0 Å². The van der Waals surface area contributed by atoms with Crippen LogP contribution >= 0.6 is 0 Å². The van der Waals surface area contributed by atoms with Crippen LogP contribution in [0.5, 0.6) is 5.75 Å². The van der Waals surface area contributed by atoms with Crippen molar-refractivity contribution in [2.24, 2.45) is 11.1 Å². The molecule has 0 aromatic heterocycles. The van der Waals surface area contributed by atoms with Gasteiger partial charge in [0.05, 0.1) is 24.3 Å². The molecule has 1 saturated heterocycles. The molecule has 1 aliphatic heterocycles. The van der Waals surface area contributed by atoms with Crippen molar-refractivity contribution in [1.29, 1.82) is 5.26 Å². The summed E-state index contributed by atoms with van der Waals surface area (Å²) in [6.07, 6.45) is 1.23. The quantitative estimate of drug-likeness (QED) is 0.762. The number of primary amides is 1. The van der Waals surface area contributed by atoms with E-state index in [-0.39, 0.29) is 18.1 Å². The van der Waals surface area contributed by atoms with Crippen LogP contribution in [0.4, 0.5) is 0 Å². The van der Waals surface area contributed by atoms with Gasteiger partial charge >= 0.3 is 0 Å². The van der Waals surface area contributed by atoms with Gasteiger partial charge in [0.1, 0.15) is 17.3 Å². The van der Waals surface area contributed by atoms with E-state index in [4.69, 9.17) is 20.5 Å². The van der Waals surface area contributed by atoms with Crippen molar-refractivity contribution in [2.45, 2.75) is 31.4 Å². The van der Waals surface area contributed by atoms with Gasteiger partial charge in [0, 0.05) is 6.61 Å². The lowest BCUT2D eigenvalue weighted by Crippen LogP contribution is -2.54. The van der Waals surface area contributed by atoms with E-state index in [1.807, 2.05) is 6.07 Å². The molecule has 0 unspecified atom stereocenters. The SMILES string of the molecule is N#Cc1ccc(O[C@@H]2COCC[C@H]2NC(=O)C2(C(N)=O)CC2)cc1. The second kappa shape index (κ2) is 6.49. The van der Waals surface area contributed by atoms with Gasteiger partial charge in [0.25, 0.3) is 0 Å². The molecule has 0 radical (unpaired) electrons. The number of nitrogens with two attached hydrogens (primary N) is 1. The smallest absolute Gasteiger partial charge is 0.236 e. The fourth-order valence-corrected chi connectivity index (χ4v) is 2.79. The monoisotopic (exact) mass is 329 g/mol. The molecule has 0 bridgehead atoms.